The number of aromatic nitrogens is 2. The molecule has 27 heavy (non-hydrogen) atoms. The molecule has 134 valence electrons. The summed E-state index contributed by atoms with van der Waals surface area (Å²) in [7, 11) is 0. The summed E-state index contributed by atoms with van der Waals surface area (Å²) in [4.78, 5) is 4.76. The summed E-state index contributed by atoms with van der Waals surface area (Å²) in [6.45, 7) is 0.541. The molecule has 0 bridgehead atoms. The van der Waals surface area contributed by atoms with E-state index in [0.29, 0.717) is 21.6 Å². The molecule has 2 nitrogen and oxygen atoms in total. The van der Waals surface area contributed by atoms with E-state index >= 15 is 0 Å². The monoisotopic (exact) mass is 412 g/mol. The van der Waals surface area contributed by atoms with Crippen LogP contribution in [-0.4, -0.2) is 9.55 Å². The van der Waals surface area contributed by atoms with E-state index in [2.05, 4.69) is 4.57 Å². The fraction of sp³-hybridized carbons (Fsp3) is 0.0455. The minimum Gasteiger partial charge on any atom is -0.320 e. The zero-order chi connectivity index (χ0) is 18.8. The van der Waals surface area contributed by atoms with Crippen molar-refractivity contribution in [3.05, 3.63) is 98.7 Å². The van der Waals surface area contributed by atoms with Gasteiger partial charge in [0, 0.05) is 20.6 Å². The van der Waals surface area contributed by atoms with Gasteiger partial charge in [-0.15, -0.1) is 0 Å². The van der Waals surface area contributed by atoms with Crippen LogP contribution in [0.1, 0.15) is 17.0 Å². The van der Waals surface area contributed by atoms with Crippen molar-refractivity contribution < 1.29 is 0 Å². The fourth-order valence-electron chi connectivity index (χ4n) is 2.97. The number of hydrogen-bond donors (Lipinski definition) is 0. The van der Waals surface area contributed by atoms with Gasteiger partial charge in [0.25, 0.3) is 0 Å². The molecule has 0 aliphatic heterocycles. The molecule has 3 aromatic carbocycles. The number of hydrogen-bond acceptors (Lipinski definition) is 1. The third-order valence-electron chi connectivity index (χ3n) is 4.36. The lowest BCUT2D eigenvalue weighted by atomic mass is 10.2. The maximum Gasteiger partial charge on any atom is 0.134 e. The van der Waals surface area contributed by atoms with Crippen LogP contribution in [0.25, 0.3) is 23.2 Å². The molecule has 0 saturated heterocycles. The molecule has 0 amide bonds. The number of imidazole rings is 1. The number of nitrogens with zero attached hydrogens (tertiary/aromatic N) is 2. The second-order valence-corrected chi connectivity index (χ2v) is 7.38. The SMILES string of the molecule is Clc1ccc(/C=C/c2nc3ccccc3n2Cc2c(Cl)cccc2Cl)cc1. The summed E-state index contributed by atoms with van der Waals surface area (Å²) >= 11 is 18.7. The van der Waals surface area contributed by atoms with E-state index in [1.807, 2.05) is 78.9 Å². The van der Waals surface area contributed by atoms with E-state index in [0.717, 1.165) is 28.0 Å². The Labute approximate surface area is 172 Å². The second-order valence-electron chi connectivity index (χ2n) is 6.13. The normalized spacial score (nSPS) is 11.5. The van der Waals surface area contributed by atoms with Gasteiger partial charge in [-0.25, -0.2) is 4.98 Å². The van der Waals surface area contributed by atoms with Crippen LogP contribution in [-0.2, 0) is 6.54 Å². The number of para-hydroxylation sites is 2. The summed E-state index contributed by atoms with van der Waals surface area (Å²) in [5.74, 6) is 0.835. The smallest absolute Gasteiger partial charge is 0.134 e. The Kier molecular flexibility index (Phi) is 5.22. The van der Waals surface area contributed by atoms with Crippen molar-refractivity contribution in [3.8, 4) is 0 Å². The Morgan fingerprint density at radius 3 is 2.22 bits per heavy atom. The number of benzene rings is 3. The zero-order valence-electron chi connectivity index (χ0n) is 14.2. The molecule has 4 rings (SSSR count). The number of fused-ring (bicyclic) bond motifs is 1. The molecule has 0 aliphatic rings. The van der Waals surface area contributed by atoms with Gasteiger partial charge < -0.3 is 4.57 Å². The molecule has 4 aromatic rings. The van der Waals surface area contributed by atoms with Crippen LogP contribution in [0.5, 0.6) is 0 Å². The number of halogens is 3. The number of rotatable bonds is 4. The van der Waals surface area contributed by atoms with E-state index in [1.165, 1.54) is 0 Å². The zero-order valence-corrected chi connectivity index (χ0v) is 16.5. The van der Waals surface area contributed by atoms with Gasteiger partial charge >= 0.3 is 0 Å². The summed E-state index contributed by atoms with van der Waals surface area (Å²) < 4.78 is 2.12. The van der Waals surface area contributed by atoms with Gasteiger partial charge in [-0.3, -0.25) is 0 Å². The summed E-state index contributed by atoms with van der Waals surface area (Å²) in [6.07, 6.45) is 4.01. The Hall–Kier alpha value is -2.26. The average molecular weight is 414 g/mol. The van der Waals surface area contributed by atoms with E-state index < -0.39 is 0 Å². The topological polar surface area (TPSA) is 17.8 Å². The van der Waals surface area contributed by atoms with Crippen LogP contribution in [0.4, 0.5) is 0 Å². The second kappa shape index (κ2) is 7.77. The standard InChI is InChI=1S/C22H15Cl3N2/c23-16-11-8-15(9-12-16)10-13-22-26-20-6-1-2-7-21(20)27(22)14-17-18(24)4-3-5-19(17)25/h1-13H,14H2/b13-10+. The maximum atomic E-state index is 6.39. The quantitative estimate of drug-likeness (QED) is 0.345. The highest BCUT2D eigenvalue weighted by Crippen LogP contribution is 2.28. The van der Waals surface area contributed by atoms with Crippen molar-refractivity contribution in [3.63, 3.8) is 0 Å². The minimum atomic E-state index is 0.541. The van der Waals surface area contributed by atoms with Crippen molar-refractivity contribution >= 4 is 58.0 Å². The third kappa shape index (κ3) is 3.89. The van der Waals surface area contributed by atoms with Gasteiger partial charge in [0.05, 0.1) is 17.6 Å². The molecule has 0 saturated carbocycles. The predicted octanol–water partition coefficient (Wildman–Crippen LogP) is 7.22. The predicted molar refractivity (Wildman–Crippen MR) is 116 cm³/mol. The highest BCUT2D eigenvalue weighted by molar-refractivity contribution is 6.36. The van der Waals surface area contributed by atoms with Gasteiger partial charge in [-0.1, -0.05) is 71.2 Å². The molecule has 0 aliphatic carbocycles. The van der Waals surface area contributed by atoms with Crippen LogP contribution >= 0.6 is 34.8 Å². The molecule has 0 radical (unpaired) electrons. The van der Waals surface area contributed by atoms with Crippen LogP contribution in [0.15, 0.2) is 66.7 Å². The van der Waals surface area contributed by atoms with Crippen molar-refractivity contribution in [1.29, 1.82) is 0 Å². The molecule has 0 N–H and O–H groups in total. The molecule has 5 heteroatoms. The third-order valence-corrected chi connectivity index (χ3v) is 5.32. The Bertz CT molecular complexity index is 1110. The summed E-state index contributed by atoms with van der Waals surface area (Å²) in [5, 5.41) is 2.01. The molecular formula is C22H15Cl3N2. The Morgan fingerprint density at radius 2 is 1.48 bits per heavy atom. The molecule has 0 unspecified atom stereocenters. The van der Waals surface area contributed by atoms with Crippen LogP contribution in [0, 0.1) is 0 Å². The van der Waals surface area contributed by atoms with E-state index in [9.17, 15) is 0 Å². The lowest BCUT2D eigenvalue weighted by Gasteiger charge is -2.11. The molecule has 0 atom stereocenters. The van der Waals surface area contributed by atoms with E-state index in [1.54, 1.807) is 0 Å². The molecule has 0 spiro atoms. The first kappa shape index (κ1) is 18.1. The first-order valence-electron chi connectivity index (χ1n) is 8.43. The van der Waals surface area contributed by atoms with Gasteiger partial charge in [-0.05, 0) is 48.0 Å². The average Bonchev–Trinajstić information content (AvgIpc) is 3.02. The summed E-state index contributed by atoms with van der Waals surface area (Å²) in [5.41, 5.74) is 3.89. The molecular weight excluding hydrogens is 399 g/mol. The van der Waals surface area contributed by atoms with Crippen LogP contribution in [0.2, 0.25) is 15.1 Å². The van der Waals surface area contributed by atoms with Gasteiger partial charge in [0.1, 0.15) is 5.82 Å². The fourth-order valence-corrected chi connectivity index (χ4v) is 3.62. The maximum absolute atomic E-state index is 6.39. The first-order valence-corrected chi connectivity index (χ1v) is 9.57. The van der Waals surface area contributed by atoms with Crippen molar-refractivity contribution in [1.82, 2.24) is 9.55 Å². The van der Waals surface area contributed by atoms with E-state index in [4.69, 9.17) is 39.8 Å². The molecule has 1 aromatic heterocycles. The van der Waals surface area contributed by atoms with Gasteiger partial charge in [0.2, 0.25) is 0 Å². The minimum absolute atomic E-state index is 0.541. The Balaban J connectivity index is 1.79. The molecule has 0 fully saturated rings. The highest BCUT2D eigenvalue weighted by atomic mass is 35.5. The van der Waals surface area contributed by atoms with Crippen LogP contribution < -0.4 is 0 Å². The summed E-state index contributed by atoms with van der Waals surface area (Å²) in [6, 6.07) is 21.3. The van der Waals surface area contributed by atoms with Crippen LogP contribution in [0.3, 0.4) is 0 Å². The molecule has 1 heterocycles. The first-order chi connectivity index (χ1) is 13.1. The van der Waals surface area contributed by atoms with E-state index in [-0.39, 0.29) is 0 Å². The Morgan fingerprint density at radius 1 is 0.778 bits per heavy atom. The van der Waals surface area contributed by atoms with Crippen molar-refractivity contribution in [2.24, 2.45) is 0 Å². The lowest BCUT2D eigenvalue weighted by molar-refractivity contribution is 0.814. The van der Waals surface area contributed by atoms with Crippen molar-refractivity contribution in [2.45, 2.75) is 6.54 Å². The highest BCUT2D eigenvalue weighted by Gasteiger charge is 2.12. The largest absolute Gasteiger partial charge is 0.320 e. The van der Waals surface area contributed by atoms with Crippen molar-refractivity contribution in [2.75, 3.05) is 0 Å². The van der Waals surface area contributed by atoms with Gasteiger partial charge in [-0.2, -0.15) is 0 Å². The van der Waals surface area contributed by atoms with Gasteiger partial charge in [0.15, 0.2) is 0 Å². The lowest BCUT2D eigenvalue weighted by Crippen LogP contribution is -2.03.